The molecule has 10 heteroatoms. The van der Waals surface area contributed by atoms with Gasteiger partial charge >= 0.3 is 0 Å². The smallest absolute Gasteiger partial charge is 0.111 e. The van der Waals surface area contributed by atoms with Crippen LogP contribution in [0.2, 0.25) is 0 Å². The molecule has 0 aliphatic heterocycles. The minimum absolute atomic E-state index is 0.116. The Labute approximate surface area is 209 Å². The Kier molecular flexibility index (Phi) is 10.2. The molecule has 4 atom stereocenters. The third kappa shape index (κ3) is 6.79. The van der Waals surface area contributed by atoms with E-state index in [9.17, 15) is 25.7 Å². The number of pyridine rings is 1. The summed E-state index contributed by atoms with van der Waals surface area (Å²) in [5.74, 6) is 0. The average Bonchev–Trinajstić information content (AvgIpc) is 2.91. The van der Waals surface area contributed by atoms with Gasteiger partial charge in [0, 0.05) is 36.2 Å². The molecule has 0 saturated heterocycles. The number of nitrogens with zero attached hydrogens (tertiary/aromatic N) is 2. The van der Waals surface area contributed by atoms with Crippen LogP contribution < -0.4 is 10.6 Å². The lowest BCUT2D eigenvalue weighted by atomic mass is 10.0. The quantitative estimate of drug-likeness (QED) is 0.118. The highest BCUT2D eigenvalue weighted by Crippen LogP contribution is 2.33. The van der Waals surface area contributed by atoms with Crippen molar-refractivity contribution in [3.8, 4) is 6.07 Å². The average molecular weight is 499 g/mol. The van der Waals surface area contributed by atoms with Crippen molar-refractivity contribution in [2.45, 2.75) is 50.1 Å². The Hall–Kier alpha value is -3.04. The summed E-state index contributed by atoms with van der Waals surface area (Å²) < 4.78 is 0. The van der Waals surface area contributed by atoms with Crippen LogP contribution >= 0.6 is 0 Å². The number of fused-ring (bicyclic) bond motifs is 2. The number of aliphatic hydroxyl groups is 6. The Balaban J connectivity index is 1.85. The number of aliphatic hydroxyl groups excluding tert-OH is 6. The highest BCUT2D eigenvalue weighted by molar-refractivity contribution is 6.08. The molecule has 0 radical (unpaired) electrons. The molecule has 8 N–H and O–H groups in total. The van der Waals surface area contributed by atoms with E-state index in [1.165, 1.54) is 0 Å². The number of nitrogens with one attached hydrogen (secondary N) is 2. The minimum atomic E-state index is -1.69. The van der Waals surface area contributed by atoms with Crippen molar-refractivity contribution in [3.05, 3.63) is 42.0 Å². The van der Waals surface area contributed by atoms with Crippen molar-refractivity contribution in [1.82, 2.24) is 4.98 Å². The molecule has 0 aliphatic carbocycles. The number of anilines is 2. The number of rotatable bonds is 14. The van der Waals surface area contributed by atoms with Crippen LogP contribution in [-0.4, -0.2) is 86.3 Å². The number of aromatic nitrogens is 1. The zero-order valence-electron chi connectivity index (χ0n) is 20.0. The van der Waals surface area contributed by atoms with Gasteiger partial charge in [-0.05, 0) is 49.2 Å². The Bertz CT molecular complexity index is 1180. The maximum absolute atomic E-state index is 10.2. The van der Waals surface area contributed by atoms with E-state index in [4.69, 9.17) is 15.2 Å². The largest absolute Gasteiger partial charge is 0.396 e. The molecular formula is C26H34N4O6. The Morgan fingerprint density at radius 3 is 2.17 bits per heavy atom. The summed E-state index contributed by atoms with van der Waals surface area (Å²) in [6.07, 6.45) is -2.71. The minimum Gasteiger partial charge on any atom is -0.396 e. The highest BCUT2D eigenvalue weighted by atomic mass is 16.4. The third-order valence-electron chi connectivity index (χ3n) is 6.13. The van der Waals surface area contributed by atoms with Crippen LogP contribution in [0.25, 0.3) is 21.8 Å². The van der Waals surface area contributed by atoms with E-state index in [0.717, 1.165) is 53.2 Å². The molecule has 1 aromatic heterocycles. The van der Waals surface area contributed by atoms with E-state index < -0.39 is 31.0 Å². The SMILES string of the molecule is N#Cc1ccc2nc3ccc(NC[C@H](O)[C@@H](O)[C@H](O)[C@H](O)CO)cc3c(NCCCCCCO)c2c1. The predicted molar refractivity (Wildman–Crippen MR) is 138 cm³/mol. The number of hydrogen-bond acceptors (Lipinski definition) is 10. The summed E-state index contributed by atoms with van der Waals surface area (Å²) in [5.41, 5.74) is 3.47. The molecule has 0 fully saturated rings. The standard InChI is InChI=1S/C26H34N4O6/c27-13-16-5-7-20-18(11-16)24(28-9-3-1-2-4-10-31)19-12-17(6-8-21(19)30-20)29-14-22(33)25(35)26(36)23(34)15-32/h5-8,11-12,22-23,25-26,29,31-36H,1-4,9-10,14-15H2,(H,28,30)/t22-,23+,25+,26+/m0/s1. The second-order valence-electron chi connectivity index (χ2n) is 8.81. The summed E-state index contributed by atoms with van der Waals surface area (Å²) in [4.78, 5) is 4.72. The van der Waals surface area contributed by atoms with Crippen LogP contribution in [0, 0.1) is 11.3 Å². The van der Waals surface area contributed by atoms with Gasteiger partial charge in [0.1, 0.15) is 18.3 Å². The first-order chi connectivity index (χ1) is 17.4. The summed E-state index contributed by atoms with van der Waals surface area (Å²) in [6.45, 7) is 0.0281. The summed E-state index contributed by atoms with van der Waals surface area (Å²) >= 11 is 0. The van der Waals surface area contributed by atoms with Crippen molar-refractivity contribution >= 4 is 33.2 Å². The second-order valence-corrected chi connectivity index (χ2v) is 8.81. The molecule has 2 aromatic carbocycles. The lowest BCUT2D eigenvalue weighted by Crippen LogP contribution is -2.47. The van der Waals surface area contributed by atoms with Crippen molar-refractivity contribution in [2.75, 3.05) is 36.9 Å². The molecular weight excluding hydrogens is 464 g/mol. The van der Waals surface area contributed by atoms with Crippen molar-refractivity contribution in [1.29, 1.82) is 5.26 Å². The van der Waals surface area contributed by atoms with Gasteiger partial charge in [-0.25, -0.2) is 4.98 Å². The van der Waals surface area contributed by atoms with Crippen LogP contribution in [0.5, 0.6) is 0 Å². The predicted octanol–water partition coefficient (Wildman–Crippen LogP) is 1.07. The van der Waals surface area contributed by atoms with E-state index in [0.29, 0.717) is 17.8 Å². The number of hydrogen-bond donors (Lipinski definition) is 8. The molecule has 0 amide bonds. The normalized spacial score (nSPS) is 14.8. The molecule has 36 heavy (non-hydrogen) atoms. The van der Waals surface area contributed by atoms with E-state index in [2.05, 4.69) is 16.7 Å². The number of nitriles is 1. The van der Waals surface area contributed by atoms with Crippen LogP contribution in [0.4, 0.5) is 11.4 Å². The van der Waals surface area contributed by atoms with Crippen LogP contribution in [-0.2, 0) is 0 Å². The number of benzene rings is 2. The molecule has 0 unspecified atom stereocenters. The first-order valence-electron chi connectivity index (χ1n) is 12.1. The van der Waals surface area contributed by atoms with Gasteiger partial charge in [0.2, 0.25) is 0 Å². The lowest BCUT2D eigenvalue weighted by Gasteiger charge is -2.26. The topological polar surface area (TPSA) is 182 Å². The highest BCUT2D eigenvalue weighted by Gasteiger charge is 2.29. The van der Waals surface area contributed by atoms with Crippen molar-refractivity contribution in [3.63, 3.8) is 0 Å². The zero-order chi connectivity index (χ0) is 26.1. The second kappa shape index (κ2) is 13.3. The molecule has 194 valence electrons. The first kappa shape index (κ1) is 27.5. The van der Waals surface area contributed by atoms with Gasteiger partial charge < -0.3 is 41.3 Å². The maximum atomic E-state index is 10.2. The molecule has 10 nitrogen and oxygen atoms in total. The van der Waals surface area contributed by atoms with Gasteiger partial charge in [0.05, 0.1) is 41.1 Å². The van der Waals surface area contributed by atoms with Gasteiger partial charge in [0.15, 0.2) is 0 Å². The third-order valence-corrected chi connectivity index (χ3v) is 6.13. The molecule has 3 aromatic rings. The molecule has 1 heterocycles. The fourth-order valence-corrected chi connectivity index (χ4v) is 4.02. The van der Waals surface area contributed by atoms with Crippen LogP contribution in [0.3, 0.4) is 0 Å². The summed E-state index contributed by atoms with van der Waals surface area (Å²) in [6, 6.07) is 13.0. The van der Waals surface area contributed by atoms with Gasteiger partial charge in [0.25, 0.3) is 0 Å². The summed E-state index contributed by atoms with van der Waals surface area (Å²) in [5, 5.41) is 75.0. The van der Waals surface area contributed by atoms with Gasteiger partial charge in [-0.3, -0.25) is 0 Å². The van der Waals surface area contributed by atoms with Crippen LogP contribution in [0.1, 0.15) is 31.2 Å². The number of unbranched alkanes of at least 4 members (excludes halogenated alkanes) is 3. The van der Waals surface area contributed by atoms with E-state index >= 15 is 0 Å². The fourth-order valence-electron chi connectivity index (χ4n) is 4.02. The molecule has 0 saturated carbocycles. The van der Waals surface area contributed by atoms with Crippen LogP contribution in [0.15, 0.2) is 36.4 Å². The van der Waals surface area contributed by atoms with Gasteiger partial charge in [-0.2, -0.15) is 5.26 Å². The maximum Gasteiger partial charge on any atom is 0.111 e. The Morgan fingerprint density at radius 1 is 0.806 bits per heavy atom. The lowest BCUT2D eigenvalue weighted by molar-refractivity contribution is -0.111. The van der Waals surface area contributed by atoms with Crippen molar-refractivity contribution < 1.29 is 30.6 Å². The molecule has 0 aliphatic rings. The monoisotopic (exact) mass is 498 g/mol. The van der Waals surface area contributed by atoms with E-state index in [1.54, 1.807) is 18.2 Å². The Morgan fingerprint density at radius 2 is 1.47 bits per heavy atom. The van der Waals surface area contributed by atoms with E-state index in [-0.39, 0.29) is 13.2 Å². The molecule has 0 bridgehead atoms. The molecule has 0 spiro atoms. The van der Waals surface area contributed by atoms with Crippen molar-refractivity contribution in [2.24, 2.45) is 0 Å². The van der Waals surface area contributed by atoms with E-state index in [1.807, 2.05) is 18.2 Å². The van der Waals surface area contributed by atoms with Gasteiger partial charge in [-0.15, -0.1) is 0 Å². The molecule has 3 rings (SSSR count). The van der Waals surface area contributed by atoms with Gasteiger partial charge in [-0.1, -0.05) is 12.8 Å². The first-order valence-corrected chi connectivity index (χ1v) is 12.1. The summed E-state index contributed by atoms with van der Waals surface area (Å²) in [7, 11) is 0. The fraction of sp³-hybridized carbons (Fsp3) is 0.462. The zero-order valence-corrected chi connectivity index (χ0v) is 20.0.